The average molecular weight is 563 g/mol. The number of thiazole rings is 1. The molecule has 1 fully saturated rings. The second kappa shape index (κ2) is 11.4. The molecule has 0 bridgehead atoms. The lowest BCUT2D eigenvalue weighted by Gasteiger charge is -2.24. The molecule has 1 amide bonds. The van der Waals surface area contributed by atoms with Gasteiger partial charge in [0.25, 0.3) is 5.78 Å². The van der Waals surface area contributed by atoms with Crippen LogP contribution in [0, 0.1) is 5.82 Å². The number of halogens is 1. The summed E-state index contributed by atoms with van der Waals surface area (Å²) in [6.45, 7) is 2.57. The van der Waals surface area contributed by atoms with Gasteiger partial charge in [0.2, 0.25) is 0 Å². The Labute approximate surface area is 234 Å². The first-order valence-electron chi connectivity index (χ1n) is 12.7. The number of carbonyl (C=O) groups is 2. The number of aromatic nitrogens is 1. The van der Waals surface area contributed by atoms with Crippen molar-refractivity contribution in [3.05, 3.63) is 83.2 Å². The van der Waals surface area contributed by atoms with Crippen molar-refractivity contribution in [3.8, 4) is 17.2 Å². The number of carbonyl (C=O) groups excluding carboxylic acids is 2. The molecule has 0 radical (unpaired) electrons. The van der Waals surface area contributed by atoms with Crippen LogP contribution in [0.25, 0.3) is 16.0 Å². The van der Waals surface area contributed by atoms with Crippen LogP contribution in [0.5, 0.6) is 17.2 Å². The van der Waals surface area contributed by atoms with E-state index < -0.39 is 23.5 Å². The van der Waals surface area contributed by atoms with Gasteiger partial charge in [-0.15, -0.1) is 0 Å². The highest BCUT2D eigenvalue weighted by Gasteiger charge is 2.48. The van der Waals surface area contributed by atoms with Crippen molar-refractivity contribution >= 4 is 44.1 Å². The van der Waals surface area contributed by atoms with E-state index in [9.17, 15) is 19.1 Å². The number of hydrogen-bond acceptors (Lipinski definition) is 8. The Balaban J connectivity index is 1.68. The number of ketones is 1. The Morgan fingerprint density at radius 2 is 1.80 bits per heavy atom. The van der Waals surface area contributed by atoms with Crippen LogP contribution in [0.2, 0.25) is 0 Å². The first-order valence-corrected chi connectivity index (χ1v) is 13.5. The number of methoxy groups -OCH3 is 2. The summed E-state index contributed by atoms with van der Waals surface area (Å²) in [6, 6.07) is 14.7. The Bertz CT molecular complexity index is 1610. The quantitative estimate of drug-likeness (QED) is 0.111. The molecule has 40 heavy (non-hydrogen) atoms. The van der Waals surface area contributed by atoms with Crippen LogP contribution in [-0.2, 0) is 9.59 Å². The lowest BCUT2D eigenvalue weighted by molar-refractivity contribution is -0.132. The summed E-state index contributed by atoms with van der Waals surface area (Å²) >= 11 is 1.08. The number of benzene rings is 3. The van der Waals surface area contributed by atoms with Gasteiger partial charge in [-0.3, -0.25) is 14.5 Å². The van der Waals surface area contributed by atoms with Gasteiger partial charge in [0.05, 0.1) is 42.7 Å². The molecule has 2 heterocycles. The summed E-state index contributed by atoms with van der Waals surface area (Å²) in [5, 5.41) is 11.6. The number of ether oxygens (including phenoxy) is 3. The monoisotopic (exact) mass is 562 g/mol. The van der Waals surface area contributed by atoms with Gasteiger partial charge in [0.1, 0.15) is 17.3 Å². The first-order chi connectivity index (χ1) is 19.4. The number of fused-ring (bicyclic) bond motifs is 1. The summed E-state index contributed by atoms with van der Waals surface area (Å²) in [6.07, 6.45) is 1.83. The molecule has 1 N–H and O–H groups in total. The molecule has 10 heteroatoms. The molecule has 0 spiro atoms. The third-order valence-corrected chi connectivity index (χ3v) is 7.63. The molecular formula is C30H27FN2O6S. The van der Waals surface area contributed by atoms with Gasteiger partial charge in [0, 0.05) is 5.56 Å². The molecule has 4 aromatic rings. The molecule has 1 aliphatic heterocycles. The molecule has 206 valence electrons. The molecule has 8 nitrogen and oxygen atoms in total. The van der Waals surface area contributed by atoms with Crippen molar-refractivity contribution in [1.29, 1.82) is 0 Å². The third-order valence-electron chi connectivity index (χ3n) is 6.61. The largest absolute Gasteiger partial charge is 0.507 e. The van der Waals surface area contributed by atoms with Gasteiger partial charge in [-0.1, -0.05) is 30.7 Å². The number of hydrogen-bond donors (Lipinski definition) is 1. The smallest absolute Gasteiger partial charge is 0.301 e. The van der Waals surface area contributed by atoms with Crippen molar-refractivity contribution in [3.63, 3.8) is 0 Å². The van der Waals surface area contributed by atoms with E-state index in [2.05, 4.69) is 11.9 Å². The zero-order valence-corrected chi connectivity index (χ0v) is 23.0. The van der Waals surface area contributed by atoms with E-state index in [0.717, 1.165) is 24.2 Å². The summed E-state index contributed by atoms with van der Waals surface area (Å²) in [4.78, 5) is 32.8. The zero-order chi connectivity index (χ0) is 28.4. The number of rotatable bonds is 9. The SMILES string of the molecule is CCCCOc1ccc(C2/C(=C(\O)c3ccc(OC)cc3)C(=O)C(=O)N2c2nc3ccc(F)cc3s2)cc1OC. The molecule has 1 saturated heterocycles. The topological polar surface area (TPSA) is 98.2 Å². The van der Waals surface area contributed by atoms with E-state index >= 15 is 0 Å². The van der Waals surface area contributed by atoms with Crippen molar-refractivity contribution < 1.29 is 33.3 Å². The lowest BCUT2D eigenvalue weighted by Crippen LogP contribution is -2.29. The molecular weight excluding hydrogens is 535 g/mol. The molecule has 1 aliphatic rings. The molecule has 0 aliphatic carbocycles. The zero-order valence-electron chi connectivity index (χ0n) is 22.1. The minimum absolute atomic E-state index is 0.109. The van der Waals surface area contributed by atoms with Gasteiger partial charge >= 0.3 is 5.91 Å². The number of Topliss-reactive ketones (excluding diaryl/α,β-unsaturated/α-hetero) is 1. The second-order valence-corrected chi connectivity index (χ2v) is 10.1. The van der Waals surface area contributed by atoms with Gasteiger partial charge < -0.3 is 19.3 Å². The fraction of sp³-hybridized carbons (Fsp3) is 0.233. The van der Waals surface area contributed by atoms with E-state index in [0.29, 0.717) is 45.2 Å². The minimum atomic E-state index is -1.04. The predicted octanol–water partition coefficient (Wildman–Crippen LogP) is 6.26. The lowest BCUT2D eigenvalue weighted by atomic mass is 9.95. The number of nitrogens with zero attached hydrogens (tertiary/aromatic N) is 2. The highest BCUT2D eigenvalue weighted by atomic mass is 32.1. The molecule has 3 aromatic carbocycles. The van der Waals surface area contributed by atoms with Crippen LogP contribution >= 0.6 is 11.3 Å². The van der Waals surface area contributed by atoms with Gasteiger partial charge in [0.15, 0.2) is 16.6 Å². The Hall–Kier alpha value is -4.44. The maximum Gasteiger partial charge on any atom is 0.301 e. The molecule has 1 aromatic heterocycles. The highest BCUT2D eigenvalue weighted by molar-refractivity contribution is 7.22. The Kier molecular flexibility index (Phi) is 7.70. The van der Waals surface area contributed by atoms with Crippen LogP contribution in [-0.4, -0.2) is 42.6 Å². The molecule has 0 saturated carbocycles. The van der Waals surface area contributed by atoms with Crippen molar-refractivity contribution in [2.45, 2.75) is 25.8 Å². The molecule has 1 unspecified atom stereocenters. The van der Waals surface area contributed by atoms with Crippen molar-refractivity contribution in [2.24, 2.45) is 0 Å². The van der Waals surface area contributed by atoms with Crippen molar-refractivity contribution in [1.82, 2.24) is 4.98 Å². The van der Waals surface area contributed by atoms with Crippen LogP contribution < -0.4 is 19.1 Å². The summed E-state index contributed by atoms with van der Waals surface area (Å²) in [5.41, 5.74) is 1.21. The standard InChI is InChI=1S/C30H27FN2O6S/c1-4-5-14-39-22-13-8-18(15-23(22)38-3)26-25(27(34)17-6-10-20(37-2)11-7-17)28(35)29(36)33(26)30-32-21-12-9-19(31)16-24(21)40-30/h6-13,15-16,26,34H,4-5,14H2,1-3H3/b27-25+. The third kappa shape index (κ3) is 4.98. The highest BCUT2D eigenvalue weighted by Crippen LogP contribution is 2.46. The van der Waals surface area contributed by atoms with E-state index in [1.807, 2.05) is 0 Å². The summed E-state index contributed by atoms with van der Waals surface area (Å²) in [5.74, 6) is -1.02. The maximum absolute atomic E-state index is 13.9. The average Bonchev–Trinajstić information content (AvgIpc) is 3.50. The second-order valence-electron chi connectivity index (χ2n) is 9.12. The molecule has 5 rings (SSSR count). The fourth-order valence-corrected chi connectivity index (χ4v) is 5.56. The summed E-state index contributed by atoms with van der Waals surface area (Å²) < 4.78 is 31.1. The molecule has 1 atom stereocenters. The van der Waals surface area contributed by atoms with Gasteiger partial charge in [-0.05, 0) is 66.6 Å². The maximum atomic E-state index is 13.9. The number of aliphatic hydroxyl groups is 1. The number of anilines is 1. The first kappa shape index (κ1) is 27.1. The van der Waals surface area contributed by atoms with Gasteiger partial charge in [-0.25, -0.2) is 9.37 Å². The van der Waals surface area contributed by atoms with Gasteiger partial charge in [-0.2, -0.15) is 0 Å². The Morgan fingerprint density at radius 3 is 2.50 bits per heavy atom. The van der Waals surface area contributed by atoms with E-state index in [1.54, 1.807) is 42.5 Å². The van der Waals surface area contributed by atoms with Crippen LogP contribution in [0.15, 0.2) is 66.2 Å². The van der Waals surface area contributed by atoms with Crippen LogP contribution in [0.3, 0.4) is 0 Å². The normalized spacial score (nSPS) is 16.5. The van der Waals surface area contributed by atoms with E-state index in [1.165, 1.54) is 37.3 Å². The van der Waals surface area contributed by atoms with E-state index in [4.69, 9.17) is 14.2 Å². The van der Waals surface area contributed by atoms with Crippen LogP contribution in [0.1, 0.15) is 36.9 Å². The number of unbranched alkanes of at least 4 members (excludes halogenated alkanes) is 1. The van der Waals surface area contributed by atoms with Crippen molar-refractivity contribution in [2.75, 3.05) is 25.7 Å². The van der Waals surface area contributed by atoms with Crippen LogP contribution in [0.4, 0.5) is 9.52 Å². The predicted molar refractivity (Wildman–Crippen MR) is 151 cm³/mol. The Morgan fingerprint density at radius 1 is 1.02 bits per heavy atom. The fourth-order valence-electron chi connectivity index (χ4n) is 4.54. The number of aliphatic hydroxyl groups excluding tert-OH is 1. The van der Waals surface area contributed by atoms with E-state index in [-0.39, 0.29) is 16.5 Å². The number of amides is 1. The summed E-state index contributed by atoms with van der Waals surface area (Å²) in [7, 11) is 3.02. The minimum Gasteiger partial charge on any atom is -0.507 e.